The maximum absolute atomic E-state index is 11.1. The quantitative estimate of drug-likeness (QED) is 0.302. The third kappa shape index (κ3) is 3.44. The minimum atomic E-state index is 0.297. The Hall–Kier alpha value is -4.36. The number of aromatic hydroxyl groups is 1. The lowest BCUT2D eigenvalue weighted by Gasteiger charge is -2.14. The Morgan fingerprint density at radius 1 is 0.394 bits per heavy atom. The zero-order valence-electron chi connectivity index (χ0n) is 18.1. The highest BCUT2D eigenvalue weighted by atomic mass is 16.3. The van der Waals surface area contributed by atoms with E-state index < -0.39 is 0 Å². The summed E-state index contributed by atoms with van der Waals surface area (Å²) in [5, 5.41) is 15.5. The fraction of sp³-hybridized carbons (Fsp3) is 0. The molecule has 1 nitrogen and oxygen atoms in total. The van der Waals surface area contributed by atoms with E-state index in [0.717, 1.165) is 43.8 Å². The summed E-state index contributed by atoms with van der Waals surface area (Å²) in [6.45, 7) is 0. The highest BCUT2D eigenvalue weighted by molar-refractivity contribution is 6.09. The van der Waals surface area contributed by atoms with Gasteiger partial charge in [0.15, 0.2) is 0 Å². The van der Waals surface area contributed by atoms with Crippen LogP contribution in [0.5, 0.6) is 5.75 Å². The summed E-state index contributed by atoms with van der Waals surface area (Å²) < 4.78 is 0. The average Bonchev–Trinajstić information content (AvgIpc) is 2.89. The van der Waals surface area contributed by atoms with Gasteiger partial charge in [0.05, 0.1) is 0 Å². The van der Waals surface area contributed by atoms with E-state index in [1.807, 2.05) is 18.2 Å². The second-order valence-corrected chi connectivity index (χ2v) is 8.37. The van der Waals surface area contributed by atoms with Gasteiger partial charge in [0, 0.05) is 5.56 Å². The van der Waals surface area contributed by atoms with Gasteiger partial charge in [-0.15, -0.1) is 0 Å². The SMILES string of the molecule is Oc1ccc2ccc(-c3ccccc3)cc2c1-c1cccc2ccc(-c3ccccc3)cc12. The van der Waals surface area contributed by atoms with E-state index in [0.29, 0.717) is 5.75 Å². The third-order valence-electron chi connectivity index (χ3n) is 6.37. The summed E-state index contributed by atoms with van der Waals surface area (Å²) in [6, 6.07) is 44.0. The largest absolute Gasteiger partial charge is 0.507 e. The van der Waals surface area contributed by atoms with Crippen molar-refractivity contribution in [3.8, 4) is 39.1 Å². The van der Waals surface area contributed by atoms with E-state index in [4.69, 9.17) is 0 Å². The lowest BCUT2D eigenvalue weighted by molar-refractivity contribution is 0.478. The summed E-state index contributed by atoms with van der Waals surface area (Å²) in [7, 11) is 0. The Morgan fingerprint density at radius 3 is 1.58 bits per heavy atom. The first kappa shape index (κ1) is 19.3. The van der Waals surface area contributed by atoms with Crippen LogP contribution in [-0.4, -0.2) is 5.11 Å². The van der Waals surface area contributed by atoms with Gasteiger partial charge in [-0.25, -0.2) is 0 Å². The topological polar surface area (TPSA) is 20.2 Å². The minimum Gasteiger partial charge on any atom is -0.507 e. The van der Waals surface area contributed by atoms with Crippen molar-refractivity contribution >= 4 is 21.5 Å². The van der Waals surface area contributed by atoms with Crippen molar-refractivity contribution in [1.29, 1.82) is 0 Å². The molecule has 6 aromatic rings. The highest BCUT2D eigenvalue weighted by Crippen LogP contribution is 2.42. The van der Waals surface area contributed by atoms with E-state index in [1.165, 1.54) is 11.1 Å². The van der Waals surface area contributed by atoms with Gasteiger partial charge in [-0.1, -0.05) is 109 Å². The summed E-state index contributed by atoms with van der Waals surface area (Å²) in [4.78, 5) is 0. The molecule has 0 aliphatic heterocycles. The maximum Gasteiger partial charge on any atom is 0.124 e. The molecule has 6 rings (SSSR count). The Bertz CT molecular complexity index is 1600. The van der Waals surface area contributed by atoms with Crippen LogP contribution in [0.15, 0.2) is 127 Å². The van der Waals surface area contributed by atoms with Crippen LogP contribution in [0.4, 0.5) is 0 Å². The molecule has 156 valence electrons. The van der Waals surface area contributed by atoms with Crippen LogP contribution in [-0.2, 0) is 0 Å². The van der Waals surface area contributed by atoms with E-state index in [1.54, 1.807) is 6.07 Å². The van der Waals surface area contributed by atoms with Crippen molar-refractivity contribution in [3.63, 3.8) is 0 Å². The van der Waals surface area contributed by atoms with Crippen LogP contribution < -0.4 is 0 Å². The van der Waals surface area contributed by atoms with Crippen molar-refractivity contribution in [2.24, 2.45) is 0 Å². The normalized spacial score (nSPS) is 11.2. The Kier molecular flexibility index (Phi) is 4.66. The summed E-state index contributed by atoms with van der Waals surface area (Å²) in [5.74, 6) is 0.297. The molecule has 33 heavy (non-hydrogen) atoms. The van der Waals surface area contributed by atoms with Gasteiger partial charge in [0.1, 0.15) is 5.75 Å². The predicted octanol–water partition coefficient (Wildman–Crippen LogP) is 8.70. The molecule has 1 heteroatoms. The van der Waals surface area contributed by atoms with E-state index in [-0.39, 0.29) is 0 Å². The zero-order chi connectivity index (χ0) is 22.2. The standard InChI is InChI=1S/C32H22O/c33-31-19-18-25-15-17-27(23-10-5-2-6-11-23)21-30(25)32(31)28-13-7-12-24-14-16-26(20-29(24)28)22-8-3-1-4-9-22/h1-21,33H. The summed E-state index contributed by atoms with van der Waals surface area (Å²) in [6.07, 6.45) is 0. The van der Waals surface area contributed by atoms with Crippen LogP contribution in [0.3, 0.4) is 0 Å². The average molecular weight is 423 g/mol. The number of phenolic OH excluding ortho intramolecular Hbond substituents is 1. The minimum absolute atomic E-state index is 0.297. The van der Waals surface area contributed by atoms with Crippen molar-refractivity contribution in [1.82, 2.24) is 0 Å². The first-order valence-corrected chi connectivity index (χ1v) is 11.2. The number of benzene rings is 6. The van der Waals surface area contributed by atoms with E-state index in [9.17, 15) is 5.11 Å². The molecule has 0 aliphatic rings. The van der Waals surface area contributed by atoms with Crippen molar-refractivity contribution in [3.05, 3.63) is 127 Å². The number of fused-ring (bicyclic) bond motifs is 2. The second kappa shape index (κ2) is 7.96. The maximum atomic E-state index is 11.1. The van der Waals surface area contributed by atoms with Gasteiger partial charge < -0.3 is 5.11 Å². The lowest BCUT2D eigenvalue weighted by atomic mass is 9.90. The fourth-order valence-corrected chi connectivity index (χ4v) is 4.70. The highest BCUT2D eigenvalue weighted by Gasteiger charge is 2.14. The van der Waals surface area contributed by atoms with Gasteiger partial charge in [-0.3, -0.25) is 0 Å². The molecule has 0 bridgehead atoms. The molecule has 1 N–H and O–H groups in total. The van der Waals surface area contributed by atoms with Crippen LogP contribution in [0.1, 0.15) is 0 Å². The van der Waals surface area contributed by atoms with Gasteiger partial charge in [0.2, 0.25) is 0 Å². The van der Waals surface area contributed by atoms with Gasteiger partial charge in [-0.05, 0) is 67.6 Å². The van der Waals surface area contributed by atoms with E-state index in [2.05, 4.69) is 103 Å². The lowest BCUT2D eigenvalue weighted by Crippen LogP contribution is -1.88. The van der Waals surface area contributed by atoms with Gasteiger partial charge in [-0.2, -0.15) is 0 Å². The van der Waals surface area contributed by atoms with Crippen LogP contribution in [0, 0.1) is 0 Å². The molecular formula is C32H22O. The molecule has 0 radical (unpaired) electrons. The molecule has 6 aromatic carbocycles. The summed E-state index contributed by atoms with van der Waals surface area (Å²) >= 11 is 0. The Morgan fingerprint density at radius 2 is 0.939 bits per heavy atom. The Labute approximate surface area is 193 Å². The molecular weight excluding hydrogens is 400 g/mol. The number of phenols is 1. The number of hydrogen-bond acceptors (Lipinski definition) is 1. The van der Waals surface area contributed by atoms with Gasteiger partial charge in [0.25, 0.3) is 0 Å². The second-order valence-electron chi connectivity index (χ2n) is 8.37. The fourth-order valence-electron chi connectivity index (χ4n) is 4.70. The summed E-state index contributed by atoms with van der Waals surface area (Å²) in [5.41, 5.74) is 6.57. The predicted molar refractivity (Wildman–Crippen MR) is 139 cm³/mol. The number of hydrogen-bond donors (Lipinski definition) is 1. The monoisotopic (exact) mass is 422 g/mol. The third-order valence-corrected chi connectivity index (χ3v) is 6.37. The molecule has 0 unspecified atom stereocenters. The Balaban J connectivity index is 1.63. The zero-order valence-corrected chi connectivity index (χ0v) is 18.1. The molecule has 0 spiro atoms. The first-order valence-electron chi connectivity index (χ1n) is 11.2. The van der Waals surface area contributed by atoms with Crippen molar-refractivity contribution in [2.75, 3.05) is 0 Å². The molecule has 0 amide bonds. The van der Waals surface area contributed by atoms with Crippen LogP contribution in [0.2, 0.25) is 0 Å². The van der Waals surface area contributed by atoms with Crippen molar-refractivity contribution < 1.29 is 5.11 Å². The van der Waals surface area contributed by atoms with E-state index >= 15 is 0 Å². The molecule has 0 heterocycles. The molecule has 0 fully saturated rings. The molecule has 0 atom stereocenters. The smallest absolute Gasteiger partial charge is 0.124 e. The first-order chi connectivity index (χ1) is 16.3. The van der Waals surface area contributed by atoms with Gasteiger partial charge >= 0.3 is 0 Å². The molecule has 0 aliphatic carbocycles. The molecule has 0 aromatic heterocycles. The van der Waals surface area contributed by atoms with Crippen LogP contribution in [0.25, 0.3) is 54.9 Å². The molecule has 0 saturated heterocycles. The molecule has 0 saturated carbocycles. The van der Waals surface area contributed by atoms with Crippen molar-refractivity contribution in [2.45, 2.75) is 0 Å². The van der Waals surface area contributed by atoms with Crippen LogP contribution >= 0.6 is 0 Å². The number of rotatable bonds is 3.